The first kappa shape index (κ1) is 16.5. The third-order valence-corrected chi connectivity index (χ3v) is 4.23. The van der Waals surface area contributed by atoms with E-state index in [0.717, 1.165) is 31.4 Å². The molecule has 6 heteroatoms. The highest BCUT2D eigenvalue weighted by atomic mass is 19.4. The van der Waals surface area contributed by atoms with Crippen molar-refractivity contribution in [3.63, 3.8) is 0 Å². The quantitative estimate of drug-likeness (QED) is 0.875. The number of pyridine rings is 1. The monoisotopic (exact) mass is 334 g/mol. The minimum Gasteiger partial charge on any atom is -0.326 e. The van der Waals surface area contributed by atoms with E-state index in [9.17, 15) is 18.0 Å². The number of nitrogens with one attached hydrogen (secondary N) is 1. The zero-order valence-electron chi connectivity index (χ0n) is 13.2. The van der Waals surface area contributed by atoms with Gasteiger partial charge >= 0.3 is 6.18 Å². The molecule has 2 aromatic rings. The van der Waals surface area contributed by atoms with Crippen molar-refractivity contribution in [1.82, 2.24) is 4.98 Å². The number of nitrogens with zero attached hydrogens (tertiary/aromatic N) is 1. The van der Waals surface area contributed by atoms with Gasteiger partial charge in [0.25, 0.3) is 0 Å². The number of carbonyl (C=O) groups is 1. The van der Waals surface area contributed by atoms with Crippen molar-refractivity contribution in [1.29, 1.82) is 0 Å². The highest BCUT2D eigenvalue weighted by Crippen LogP contribution is 2.35. The maximum atomic E-state index is 13.2. The fourth-order valence-corrected chi connectivity index (χ4v) is 2.67. The lowest BCUT2D eigenvalue weighted by Gasteiger charge is -2.24. The van der Waals surface area contributed by atoms with Gasteiger partial charge in [0.1, 0.15) is 0 Å². The number of alkyl halides is 3. The van der Waals surface area contributed by atoms with Crippen molar-refractivity contribution in [3.8, 4) is 11.1 Å². The Kier molecular flexibility index (Phi) is 4.30. The molecular weight excluding hydrogens is 317 g/mol. The second kappa shape index (κ2) is 6.26. The Bertz CT molecular complexity index is 767. The molecule has 1 N–H and O–H groups in total. The summed E-state index contributed by atoms with van der Waals surface area (Å²) in [6.45, 7) is 1.77. The van der Waals surface area contributed by atoms with E-state index in [1.54, 1.807) is 31.3 Å². The molecule has 3 nitrogen and oxygen atoms in total. The van der Waals surface area contributed by atoms with E-state index in [-0.39, 0.29) is 17.5 Å². The number of amides is 1. The summed E-state index contributed by atoms with van der Waals surface area (Å²) in [6.07, 6.45) is -0.351. The van der Waals surface area contributed by atoms with Crippen molar-refractivity contribution in [2.24, 2.45) is 5.92 Å². The SMILES string of the molecule is Cc1cc(-c2cc(NC(=O)C3CCC3)cc(C(F)(F)F)c2)ccn1. The van der Waals surface area contributed by atoms with Gasteiger partial charge in [-0.2, -0.15) is 13.2 Å². The summed E-state index contributed by atoms with van der Waals surface area (Å²) in [5.41, 5.74) is 1.14. The lowest BCUT2D eigenvalue weighted by atomic mass is 9.85. The van der Waals surface area contributed by atoms with E-state index >= 15 is 0 Å². The molecule has 0 bridgehead atoms. The van der Waals surface area contributed by atoms with Crippen molar-refractivity contribution in [2.45, 2.75) is 32.4 Å². The molecule has 1 heterocycles. The van der Waals surface area contributed by atoms with Gasteiger partial charge in [0.05, 0.1) is 5.56 Å². The van der Waals surface area contributed by atoms with Crippen LogP contribution in [0.25, 0.3) is 11.1 Å². The predicted molar refractivity (Wildman–Crippen MR) is 85.4 cm³/mol. The van der Waals surface area contributed by atoms with Crippen molar-refractivity contribution >= 4 is 11.6 Å². The Morgan fingerprint density at radius 1 is 1.17 bits per heavy atom. The van der Waals surface area contributed by atoms with E-state index in [1.165, 1.54) is 0 Å². The Balaban J connectivity index is 1.98. The van der Waals surface area contributed by atoms with Crippen molar-refractivity contribution in [2.75, 3.05) is 5.32 Å². The normalized spacial score (nSPS) is 15.0. The van der Waals surface area contributed by atoms with Crippen molar-refractivity contribution < 1.29 is 18.0 Å². The minimum atomic E-state index is -4.48. The summed E-state index contributed by atoms with van der Waals surface area (Å²) < 4.78 is 39.6. The molecule has 1 fully saturated rings. The van der Waals surface area contributed by atoms with Crippen LogP contribution in [-0.4, -0.2) is 10.9 Å². The van der Waals surface area contributed by atoms with E-state index in [0.29, 0.717) is 16.8 Å². The van der Waals surface area contributed by atoms with Crippen LogP contribution in [0.2, 0.25) is 0 Å². The standard InChI is InChI=1S/C18H17F3N2O/c1-11-7-13(5-6-22-11)14-8-15(18(19,20)21)10-16(9-14)23-17(24)12-3-2-4-12/h5-10,12H,2-4H2,1H3,(H,23,24). The van der Waals surface area contributed by atoms with Crippen LogP contribution in [0.5, 0.6) is 0 Å². The largest absolute Gasteiger partial charge is 0.416 e. The Labute approximate surface area is 137 Å². The van der Waals surface area contributed by atoms with Gasteiger partial charge < -0.3 is 5.32 Å². The molecule has 24 heavy (non-hydrogen) atoms. The van der Waals surface area contributed by atoms with Gasteiger partial charge in [-0.3, -0.25) is 9.78 Å². The second-order valence-corrected chi connectivity index (χ2v) is 6.10. The summed E-state index contributed by atoms with van der Waals surface area (Å²) in [4.78, 5) is 16.1. The van der Waals surface area contributed by atoms with Crippen LogP contribution in [0.15, 0.2) is 36.5 Å². The highest BCUT2D eigenvalue weighted by Gasteiger charge is 2.32. The summed E-state index contributed by atoms with van der Waals surface area (Å²) in [5.74, 6) is -0.302. The summed E-state index contributed by atoms with van der Waals surface area (Å²) in [5, 5.41) is 2.63. The van der Waals surface area contributed by atoms with E-state index in [2.05, 4.69) is 10.3 Å². The molecule has 1 saturated carbocycles. The fraction of sp³-hybridized carbons (Fsp3) is 0.333. The zero-order valence-corrected chi connectivity index (χ0v) is 13.2. The van der Waals surface area contributed by atoms with Crippen LogP contribution < -0.4 is 5.32 Å². The minimum absolute atomic E-state index is 0.0915. The molecule has 1 aliphatic carbocycles. The average molecular weight is 334 g/mol. The van der Waals surface area contributed by atoms with Crippen LogP contribution in [0, 0.1) is 12.8 Å². The number of halogens is 3. The maximum Gasteiger partial charge on any atom is 0.416 e. The molecule has 0 spiro atoms. The van der Waals surface area contributed by atoms with Gasteiger partial charge in [0.2, 0.25) is 5.91 Å². The number of aryl methyl sites for hydroxylation is 1. The number of carbonyl (C=O) groups excluding carboxylic acids is 1. The molecule has 1 amide bonds. The van der Waals surface area contributed by atoms with E-state index < -0.39 is 11.7 Å². The Hall–Kier alpha value is -2.37. The first-order valence-electron chi connectivity index (χ1n) is 7.79. The topological polar surface area (TPSA) is 42.0 Å². The Morgan fingerprint density at radius 2 is 1.92 bits per heavy atom. The lowest BCUT2D eigenvalue weighted by Crippen LogP contribution is -2.28. The first-order valence-corrected chi connectivity index (χ1v) is 7.79. The first-order chi connectivity index (χ1) is 11.3. The van der Waals surface area contributed by atoms with Crippen LogP contribution in [0.3, 0.4) is 0 Å². The number of hydrogen-bond acceptors (Lipinski definition) is 2. The fourth-order valence-electron chi connectivity index (χ4n) is 2.67. The molecule has 1 aliphatic rings. The number of aromatic nitrogens is 1. The smallest absolute Gasteiger partial charge is 0.326 e. The molecule has 1 aromatic heterocycles. The third-order valence-electron chi connectivity index (χ3n) is 4.23. The zero-order chi connectivity index (χ0) is 17.3. The number of benzene rings is 1. The van der Waals surface area contributed by atoms with E-state index in [1.807, 2.05) is 0 Å². The van der Waals surface area contributed by atoms with Crippen LogP contribution >= 0.6 is 0 Å². The van der Waals surface area contributed by atoms with Gasteiger partial charge in [-0.15, -0.1) is 0 Å². The lowest BCUT2D eigenvalue weighted by molar-refractivity contribution is -0.137. The summed E-state index contributed by atoms with van der Waals surface area (Å²) in [6, 6.07) is 7.01. The van der Waals surface area contributed by atoms with Gasteiger partial charge in [0.15, 0.2) is 0 Å². The molecule has 0 saturated heterocycles. The molecule has 126 valence electrons. The molecular formula is C18H17F3N2O. The second-order valence-electron chi connectivity index (χ2n) is 6.10. The number of anilines is 1. The van der Waals surface area contributed by atoms with Gasteiger partial charge in [-0.1, -0.05) is 6.42 Å². The number of hydrogen-bond donors (Lipinski definition) is 1. The highest BCUT2D eigenvalue weighted by molar-refractivity contribution is 5.93. The molecule has 1 aromatic carbocycles. The summed E-state index contributed by atoms with van der Waals surface area (Å²) >= 11 is 0. The Morgan fingerprint density at radius 3 is 2.50 bits per heavy atom. The van der Waals surface area contributed by atoms with Crippen LogP contribution in [0.1, 0.15) is 30.5 Å². The van der Waals surface area contributed by atoms with Gasteiger partial charge in [-0.25, -0.2) is 0 Å². The molecule has 0 aliphatic heterocycles. The van der Waals surface area contributed by atoms with E-state index in [4.69, 9.17) is 0 Å². The van der Waals surface area contributed by atoms with Gasteiger partial charge in [0, 0.05) is 23.5 Å². The predicted octanol–water partition coefficient (Wildman–Crippen LogP) is 4.81. The number of rotatable bonds is 3. The molecule has 0 atom stereocenters. The molecule has 3 rings (SSSR count). The third kappa shape index (κ3) is 3.58. The van der Waals surface area contributed by atoms with Gasteiger partial charge in [-0.05, 0) is 61.2 Å². The van der Waals surface area contributed by atoms with Crippen LogP contribution in [0.4, 0.5) is 18.9 Å². The van der Waals surface area contributed by atoms with Crippen molar-refractivity contribution in [3.05, 3.63) is 47.8 Å². The average Bonchev–Trinajstić information content (AvgIpc) is 2.44. The molecule has 0 radical (unpaired) electrons. The van der Waals surface area contributed by atoms with Crippen LogP contribution in [-0.2, 0) is 11.0 Å². The maximum absolute atomic E-state index is 13.2. The summed E-state index contributed by atoms with van der Waals surface area (Å²) in [7, 11) is 0. The molecule has 0 unspecified atom stereocenters.